The predicted molar refractivity (Wildman–Crippen MR) is 81.6 cm³/mol. The van der Waals surface area contributed by atoms with Gasteiger partial charge in [0, 0.05) is 23.4 Å². The molecule has 0 bridgehead atoms. The third-order valence-corrected chi connectivity index (χ3v) is 3.99. The maximum Gasteiger partial charge on any atom is 0.137 e. The fourth-order valence-corrected chi connectivity index (χ4v) is 2.68. The third kappa shape index (κ3) is 3.04. The second-order valence-electron chi connectivity index (χ2n) is 4.42. The molecule has 0 aliphatic rings. The summed E-state index contributed by atoms with van der Waals surface area (Å²) in [4.78, 5) is 12.5. The van der Waals surface area contributed by atoms with Crippen molar-refractivity contribution in [3.05, 3.63) is 33.8 Å². The van der Waals surface area contributed by atoms with Crippen LogP contribution in [0.2, 0.25) is 0 Å². The molecule has 0 fully saturated rings. The van der Waals surface area contributed by atoms with Crippen LogP contribution in [0.1, 0.15) is 30.1 Å². The second-order valence-corrected chi connectivity index (χ2v) is 5.45. The Morgan fingerprint density at radius 3 is 2.68 bits per heavy atom. The highest BCUT2D eigenvalue weighted by Gasteiger charge is 2.14. The Labute approximate surface area is 118 Å². The number of nitrogens with zero attached hydrogens (tertiary/aromatic N) is 3. The molecule has 102 valence electrons. The van der Waals surface area contributed by atoms with E-state index in [9.17, 15) is 0 Å². The van der Waals surface area contributed by atoms with Gasteiger partial charge in [-0.2, -0.15) is 0 Å². The van der Waals surface area contributed by atoms with E-state index in [-0.39, 0.29) is 0 Å². The number of rotatable bonds is 5. The lowest BCUT2D eigenvalue weighted by molar-refractivity contribution is 0.799. The predicted octanol–water partition coefficient (Wildman–Crippen LogP) is 3.02. The van der Waals surface area contributed by atoms with Gasteiger partial charge in [-0.25, -0.2) is 9.97 Å². The molecule has 2 rings (SSSR count). The molecule has 19 heavy (non-hydrogen) atoms. The topological polar surface area (TPSA) is 55.0 Å². The van der Waals surface area contributed by atoms with Crippen LogP contribution in [0, 0.1) is 6.92 Å². The van der Waals surface area contributed by atoms with E-state index in [2.05, 4.69) is 39.3 Å². The summed E-state index contributed by atoms with van der Waals surface area (Å²) in [5.74, 6) is 2.36. The molecule has 2 N–H and O–H groups in total. The fraction of sp³-hybridized carbons (Fsp3) is 0.429. The molecule has 0 amide bonds. The van der Waals surface area contributed by atoms with Crippen molar-refractivity contribution in [1.29, 1.82) is 0 Å². The molecule has 0 atom stereocenters. The van der Waals surface area contributed by atoms with Crippen LogP contribution in [-0.4, -0.2) is 16.5 Å². The van der Waals surface area contributed by atoms with E-state index >= 15 is 0 Å². The maximum atomic E-state index is 5.99. The Hall–Kier alpha value is -1.62. The number of nitrogens with two attached hydrogens (primary N) is 1. The van der Waals surface area contributed by atoms with E-state index in [1.165, 1.54) is 4.88 Å². The lowest BCUT2D eigenvalue weighted by atomic mass is 10.2. The molecular formula is C14H20N4S. The van der Waals surface area contributed by atoms with Crippen LogP contribution in [-0.2, 0) is 13.0 Å². The van der Waals surface area contributed by atoms with Gasteiger partial charge >= 0.3 is 0 Å². The molecule has 0 aromatic carbocycles. The molecule has 5 heteroatoms. The van der Waals surface area contributed by atoms with E-state index in [0.29, 0.717) is 5.82 Å². The highest BCUT2D eigenvalue weighted by Crippen LogP contribution is 2.24. The average Bonchev–Trinajstić information content (AvgIpc) is 2.92. The van der Waals surface area contributed by atoms with Gasteiger partial charge in [0.15, 0.2) is 0 Å². The molecule has 2 aromatic rings. The minimum atomic E-state index is 0.589. The monoisotopic (exact) mass is 276 g/mol. The maximum absolute atomic E-state index is 5.99. The molecule has 2 aromatic heterocycles. The molecule has 0 spiro atoms. The number of aryl methyl sites for hydroxylation is 1. The summed E-state index contributed by atoms with van der Waals surface area (Å²) in [5, 5.41) is 2.10. The number of thiophene rings is 1. The van der Waals surface area contributed by atoms with Gasteiger partial charge in [0.25, 0.3) is 0 Å². The van der Waals surface area contributed by atoms with Crippen molar-refractivity contribution in [3.63, 3.8) is 0 Å². The first kappa shape index (κ1) is 13.8. The van der Waals surface area contributed by atoms with E-state index in [1.54, 1.807) is 11.3 Å². The Morgan fingerprint density at radius 1 is 1.32 bits per heavy atom. The summed E-state index contributed by atoms with van der Waals surface area (Å²) in [5.41, 5.74) is 6.96. The molecule has 0 aliphatic heterocycles. The SMILES string of the molecule is CCc1nc(N)c(C)c(N(CC)Cc2cccs2)n1. The van der Waals surface area contributed by atoms with E-state index in [4.69, 9.17) is 5.73 Å². The summed E-state index contributed by atoms with van der Waals surface area (Å²) in [7, 11) is 0. The molecule has 0 unspecified atom stereocenters. The Kier molecular flexibility index (Phi) is 4.37. The Bertz CT molecular complexity index is 537. The molecular weight excluding hydrogens is 256 g/mol. The van der Waals surface area contributed by atoms with Crippen LogP contribution in [0.25, 0.3) is 0 Å². The zero-order valence-corrected chi connectivity index (χ0v) is 12.5. The first-order chi connectivity index (χ1) is 9.15. The summed E-state index contributed by atoms with van der Waals surface area (Å²) >= 11 is 1.76. The zero-order valence-electron chi connectivity index (χ0n) is 11.7. The number of hydrogen-bond acceptors (Lipinski definition) is 5. The molecule has 0 aliphatic carbocycles. The van der Waals surface area contributed by atoms with Crippen LogP contribution in [0.4, 0.5) is 11.6 Å². The van der Waals surface area contributed by atoms with Crippen molar-refractivity contribution in [2.75, 3.05) is 17.2 Å². The van der Waals surface area contributed by atoms with Gasteiger partial charge in [0.05, 0.1) is 6.54 Å². The highest BCUT2D eigenvalue weighted by atomic mass is 32.1. The average molecular weight is 276 g/mol. The van der Waals surface area contributed by atoms with Gasteiger partial charge in [-0.3, -0.25) is 0 Å². The fourth-order valence-electron chi connectivity index (χ4n) is 1.96. The van der Waals surface area contributed by atoms with Crippen molar-refractivity contribution < 1.29 is 0 Å². The number of nitrogen functional groups attached to an aromatic ring is 1. The lowest BCUT2D eigenvalue weighted by Gasteiger charge is -2.24. The lowest BCUT2D eigenvalue weighted by Crippen LogP contribution is -2.25. The van der Waals surface area contributed by atoms with Crippen LogP contribution in [0.5, 0.6) is 0 Å². The van der Waals surface area contributed by atoms with Gasteiger partial charge in [0.1, 0.15) is 17.5 Å². The van der Waals surface area contributed by atoms with Gasteiger partial charge in [-0.05, 0) is 25.3 Å². The van der Waals surface area contributed by atoms with Crippen molar-refractivity contribution in [3.8, 4) is 0 Å². The van der Waals surface area contributed by atoms with Crippen LogP contribution >= 0.6 is 11.3 Å². The van der Waals surface area contributed by atoms with Gasteiger partial charge in [0.2, 0.25) is 0 Å². The standard InChI is InChI=1S/C14H20N4S/c1-4-12-16-13(15)10(3)14(17-12)18(5-2)9-11-7-6-8-19-11/h6-8H,4-5,9H2,1-3H3,(H2,15,16,17). The van der Waals surface area contributed by atoms with Crippen LogP contribution < -0.4 is 10.6 Å². The first-order valence-electron chi connectivity index (χ1n) is 6.56. The highest BCUT2D eigenvalue weighted by molar-refractivity contribution is 7.09. The summed E-state index contributed by atoms with van der Waals surface area (Å²) in [6.45, 7) is 7.94. The first-order valence-corrected chi connectivity index (χ1v) is 7.44. The number of aromatic nitrogens is 2. The van der Waals surface area contributed by atoms with Crippen LogP contribution in [0.15, 0.2) is 17.5 Å². The largest absolute Gasteiger partial charge is 0.383 e. The minimum Gasteiger partial charge on any atom is -0.383 e. The number of anilines is 2. The summed E-state index contributed by atoms with van der Waals surface area (Å²) in [6.07, 6.45) is 0.800. The summed E-state index contributed by atoms with van der Waals surface area (Å²) in [6, 6.07) is 4.22. The van der Waals surface area contributed by atoms with Crippen molar-refractivity contribution >= 4 is 23.0 Å². The molecule has 2 heterocycles. The van der Waals surface area contributed by atoms with Crippen molar-refractivity contribution in [1.82, 2.24) is 9.97 Å². The van der Waals surface area contributed by atoms with E-state index in [1.807, 2.05) is 13.8 Å². The van der Waals surface area contributed by atoms with Gasteiger partial charge < -0.3 is 10.6 Å². The molecule has 0 saturated heterocycles. The Balaban J connectivity index is 2.34. The second kappa shape index (κ2) is 6.02. The third-order valence-electron chi connectivity index (χ3n) is 3.13. The normalized spacial score (nSPS) is 10.7. The Morgan fingerprint density at radius 2 is 2.11 bits per heavy atom. The van der Waals surface area contributed by atoms with Crippen molar-refractivity contribution in [2.45, 2.75) is 33.7 Å². The van der Waals surface area contributed by atoms with E-state index < -0.39 is 0 Å². The quantitative estimate of drug-likeness (QED) is 0.912. The van der Waals surface area contributed by atoms with Gasteiger partial charge in [-0.1, -0.05) is 13.0 Å². The van der Waals surface area contributed by atoms with Crippen LogP contribution in [0.3, 0.4) is 0 Å². The van der Waals surface area contributed by atoms with E-state index in [0.717, 1.165) is 36.7 Å². The zero-order chi connectivity index (χ0) is 13.8. The number of hydrogen-bond donors (Lipinski definition) is 1. The minimum absolute atomic E-state index is 0.589. The molecule has 0 saturated carbocycles. The van der Waals surface area contributed by atoms with Gasteiger partial charge in [-0.15, -0.1) is 11.3 Å². The molecule has 4 nitrogen and oxygen atoms in total. The summed E-state index contributed by atoms with van der Waals surface area (Å²) < 4.78 is 0. The molecule has 0 radical (unpaired) electrons. The van der Waals surface area contributed by atoms with Crippen molar-refractivity contribution in [2.24, 2.45) is 0 Å². The smallest absolute Gasteiger partial charge is 0.137 e.